The first-order chi connectivity index (χ1) is 8.81. The van der Waals surface area contributed by atoms with E-state index in [2.05, 4.69) is 13.8 Å². The van der Waals surface area contributed by atoms with Gasteiger partial charge in [0.2, 0.25) is 0 Å². The van der Waals surface area contributed by atoms with Gasteiger partial charge in [0.05, 0.1) is 0 Å². The highest BCUT2D eigenvalue weighted by Gasteiger charge is 2.43. The van der Waals surface area contributed by atoms with E-state index in [1.165, 1.54) is 25.7 Å². The van der Waals surface area contributed by atoms with Gasteiger partial charge in [-0.15, -0.1) is 0 Å². The van der Waals surface area contributed by atoms with E-state index >= 15 is 0 Å². The maximum absolute atomic E-state index is 2.62. The van der Waals surface area contributed by atoms with Gasteiger partial charge in [0, 0.05) is 0 Å². The molecule has 0 heterocycles. The highest BCUT2D eigenvalue weighted by molar-refractivity contribution is 4.93. The van der Waals surface area contributed by atoms with Crippen molar-refractivity contribution in [2.24, 2.45) is 35.5 Å². The summed E-state index contributed by atoms with van der Waals surface area (Å²) in [6.07, 6.45) is 15.4. The quantitative estimate of drug-likeness (QED) is 0.591. The fourth-order valence-electron chi connectivity index (χ4n) is 6.01. The summed E-state index contributed by atoms with van der Waals surface area (Å²) in [6.45, 7) is 5.05. The van der Waals surface area contributed by atoms with Crippen LogP contribution in [0.3, 0.4) is 0 Å². The monoisotopic (exact) mass is 248 g/mol. The Bertz CT molecular complexity index is 269. The lowest BCUT2D eigenvalue weighted by atomic mass is 9.58. The normalized spacial score (nSPS) is 49.0. The van der Waals surface area contributed by atoms with Gasteiger partial charge in [-0.2, -0.15) is 0 Å². The SMILES string of the molecule is CCC1CCCC1C1CCC2CCCCC2C1C. The van der Waals surface area contributed by atoms with Crippen LogP contribution in [0, 0.1) is 35.5 Å². The van der Waals surface area contributed by atoms with Crippen LogP contribution >= 0.6 is 0 Å². The molecule has 0 nitrogen and oxygen atoms in total. The molecule has 0 N–H and O–H groups in total. The summed E-state index contributed by atoms with van der Waals surface area (Å²) in [7, 11) is 0. The maximum atomic E-state index is 2.62. The molecule has 6 atom stereocenters. The minimum Gasteiger partial charge on any atom is -0.0651 e. The van der Waals surface area contributed by atoms with Gasteiger partial charge >= 0.3 is 0 Å². The van der Waals surface area contributed by atoms with Crippen LogP contribution < -0.4 is 0 Å². The molecule has 104 valence electrons. The summed E-state index contributed by atoms with van der Waals surface area (Å²) in [6, 6.07) is 0. The Morgan fingerprint density at radius 1 is 0.722 bits per heavy atom. The smallest absolute Gasteiger partial charge is 0.0355 e. The summed E-state index contributed by atoms with van der Waals surface area (Å²) in [4.78, 5) is 0. The van der Waals surface area contributed by atoms with Crippen LogP contribution in [0.1, 0.15) is 78.1 Å². The fraction of sp³-hybridized carbons (Fsp3) is 1.00. The number of rotatable bonds is 2. The second-order valence-corrected chi connectivity index (χ2v) is 7.57. The van der Waals surface area contributed by atoms with Crippen LogP contribution in [0.2, 0.25) is 0 Å². The van der Waals surface area contributed by atoms with Crippen molar-refractivity contribution in [1.29, 1.82) is 0 Å². The molecular weight excluding hydrogens is 216 g/mol. The molecule has 0 radical (unpaired) electrons. The zero-order valence-electron chi connectivity index (χ0n) is 12.5. The Kier molecular flexibility index (Phi) is 4.01. The third-order valence-corrected chi connectivity index (χ3v) is 6.98. The lowest BCUT2D eigenvalue weighted by Gasteiger charge is -2.47. The molecule has 0 spiro atoms. The average molecular weight is 248 g/mol. The molecule has 3 rings (SSSR count). The molecule has 0 aromatic carbocycles. The van der Waals surface area contributed by atoms with E-state index in [9.17, 15) is 0 Å². The molecule has 3 aliphatic carbocycles. The van der Waals surface area contributed by atoms with Crippen molar-refractivity contribution in [3.63, 3.8) is 0 Å². The van der Waals surface area contributed by atoms with Crippen molar-refractivity contribution < 1.29 is 0 Å². The molecule has 0 aliphatic heterocycles. The molecule has 0 aromatic heterocycles. The third kappa shape index (κ3) is 2.25. The molecule has 3 fully saturated rings. The predicted molar refractivity (Wildman–Crippen MR) is 78.5 cm³/mol. The molecule has 0 aromatic rings. The van der Waals surface area contributed by atoms with Gasteiger partial charge < -0.3 is 0 Å². The van der Waals surface area contributed by atoms with E-state index in [-0.39, 0.29) is 0 Å². The van der Waals surface area contributed by atoms with E-state index in [1.54, 1.807) is 38.5 Å². The fourth-order valence-corrected chi connectivity index (χ4v) is 6.01. The Morgan fingerprint density at radius 3 is 2.33 bits per heavy atom. The van der Waals surface area contributed by atoms with E-state index in [0.29, 0.717) is 0 Å². The van der Waals surface area contributed by atoms with Crippen molar-refractivity contribution in [3.05, 3.63) is 0 Å². The van der Waals surface area contributed by atoms with E-state index in [1.807, 2.05) is 0 Å². The first kappa shape index (κ1) is 13.0. The number of hydrogen-bond donors (Lipinski definition) is 0. The minimum absolute atomic E-state index is 1.04. The second-order valence-electron chi connectivity index (χ2n) is 7.57. The van der Waals surface area contributed by atoms with Crippen LogP contribution in [0.5, 0.6) is 0 Å². The Balaban J connectivity index is 1.69. The number of fused-ring (bicyclic) bond motifs is 1. The highest BCUT2D eigenvalue weighted by atomic mass is 14.5. The van der Waals surface area contributed by atoms with Gasteiger partial charge in [-0.1, -0.05) is 52.4 Å². The molecule has 0 amide bonds. The number of hydrogen-bond acceptors (Lipinski definition) is 0. The van der Waals surface area contributed by atoms with E-state index in [0.717, 1.165) is 35.5 Å². The van der Waals surface area contributed by atoms with E-state index in [4.69, 9.17) is 0 Å². The van der Waals surface area contributed by atoms with Gasteiger partial charge in [-0.25, -0.2) is 0 Å². The Morgan fingerprint density at radius 2 is 1.50 bits per heavy atom. The van der Waals surface area contributed by atoms with Gasteiger partial charge in [-0.05, 0) is 61.2 Å². The average Bonchev–Trinajstić information content (AvgIpc) is 2.88. The van der Waals surface area contributed by atoms with Crippen molar-refractivity contribution >= 4 is 0 Å². The van der Waals surface area contributed by atoms with Gasteiger partial charge in [0.25, 0.3) is 0 Å². The largest absolute Gasteiger partial charge is 0.0651 e. The summed E-state index contributed by atoms with van der Waals surface area (Å²) < 4.78 is 0. The predicted octanol–water partition coefficient (Wildman–Crippen LogP) is 5.67. The summed E-state index contributed by atoms with van der Waals surface area (Å²) >= 11 is 0. The second kappa shape index (κ2) is 5.55. The van der Waals surface area contributed by atoms with E-state index < -0.39 is 0 Å². The van der Waals surface area contributed by atoms with Crippen molar-refractivity contribution in [2.45, 2.75) is 78.1 Å². The molecule has 18 heavy (non-hydrogen) atoms. The zero-order chi connectivity index (χ0) is 12.5. The lowest BCUT2D eigenvalue weighted by molar-refractivity contribution is 0.0255. The Hall–Kier alpha value is 0. The van der Waals surface area contributed by atoms with Crippen LogP contribution in [-0.2, 0) is 0 Å². The first-order valence-electron chi connectivity index (χ1n) is 8.81. The van der Waals surface area contributed by atoms with Crippen LogP contribution in [0.15, 0.2) is 0 Å². The van der Waals surface area contributed by atoms with Gasteiger partial charge in [0.1, 0.15) is 0 Å². The van der Waals surface area contributed by atoms with Gasteiger partial charge in [-0.3, -0.25) is 0 Å². The summed E-state index contributed by atoms with van der Waals surface area (Å²) in [5.74, 6) is 6.55. The summed E-state index contributed by atoms with van der Waals surface area (Å²) in [5, 5.41) is 0. The maximum Gasteiger partial charge on any atom is -0.0355 e. The van der Waals surface area contributed by atoms with Crippen molar-refractivity contribution in [2.75, 3.05) is 0 Å². The molecule has 3 saturated carbocycles. The van der Waals surface area contributed by atoms with Crippen LogP contribution in [-0.4, -0.2) is 0 Å². The molecule has 6 unspecified atom stereocenters. The zero-order valence-corrected chi connectivity index (χ0v) is 12.5. The molecule has 0 heteroatoms. The van der Waals surface area contributed by atoms with Gasteiger partial charge in [0.15, 0.2) is 0 Å². The minimum atomic E-state index is 1.04. The summed E-state index contributed by atoms with van der Waals surface area (Å²) in [5.41, 5.74) is 0. The molecule has 0 bridgehead atoms. The standard InChI is InChI=1S/C18H32/c1-3-14-8-6-10-18(14)17-12-11-15-7-4-5-9-16(15)13(17)2/h13-18H,3-12H2,1-2H3. The third-order valence-electron chi connectivity index (χ3n) is 6.98. The Labute approximate surface area is 114 Å². The highest BCUT2D eigenvalue weighted by Crippen LogP contribution is 2.52. The van der Waals surface area contributed by atoms with Crippen molar-refractivity contribution in [1.82, 2.24) is 0 Å². The van der Waals surface area contributed by atoms with Crippen molar-refractivity contribution in [3.8, 4) is 0 Å². The van der Waals surface area contributed by atoms with Crippen LogP contribution in [0.4, 0.5) is 0 Å². The topological polar surface area (TPSA) is 0 Å². The first-order valence-corrected chi connectivity index (χ1v) is 8.81. The molecule has 0 saturated heterocycles. The van der Waals surface area contributed by atoms with Crippen LogP contribution in [0.25, 0.3) is 0 Å². The molecular formula is C18H32. The molecule has 3 aliphatic rings. The lowest BCUT2D eigenvalue weighted by Crippen LogP contribution is -2.39.